The maximum absolute atomic E-state index is 15.3. The minimum absolute atomic E-state index is 0.0139. The molecule has 2 N–H and O–H groups in total. The van der Waals surface area contributed by atoms with E-state index in [9.17, 15) is 12.8 Å². The second kappa shape index (κ2) is 7.70. The monoisotopic (exact) mass is 467 g/mol. The quantitative estimate of drug-likeness (QED) is 0.478. The number of halogens is 2. The van der Waals surface area contributed by atoms with Crippen molar-refractivity contribution >= 4 is 26.8 Å². The van der Waals surface area contributed by atoms with Crippen LogP contribution in [0.5, 0.6) is 11.5 Å². The van der Waals surface area contributed by atoms with E-state index in [1.165, 1.54) is 24.4 Å². The van der Waals surface area contributed by atoms with Crippen LogP contribution in [0.25, 0.3) is 10.9 Å². The van der Waals surface area contributed by atoms with Gasteiger partial charge in [0.05, 0.1) is 10.4 Å². The summed E-state index contributed by atoms with van der Waals surface area (Å²) in [7, 11) is -4.05. The fourth-order valence-corrected chi connectivity index (χ4v) is 5.21. The van der Waals surface area contributed by atoms with Crippen LogP contribution in [0.15, 0.2) is 70.7 Å². The van der Waals surface area contributed by atoms with E-state index < -0.39 is 27.4 Å². The summed E-state index contributed by atoms with van der Waals surface area (Å²) in [5.41, 5.74) is 8.33. The molecule has 0 bridgehead atoms. The molecule has 4 aromatic rings. The Morgan fingerprint density at radius 1 is 1.06 bits per heavy atom. The van der Waals surface area contributed by atoms with Crippen molar-refractivity contribution in [1.29, 1.82) is 0 Å². The largest absolute Gasteiger partial charge is 0.451 e. The average Bonchev–Trinajstić information content (AvgIpc) is 3.22. The number of nitrogens with two attached hydrogens (primary N) is 1. The average molecular weight is 467 g/mol. The number of rotatable bonds is 4. The van der Waals surface area contributed by atoms with Crippen LogP contribution in [-0.4, -0.2) is 24.8 Å². The molecule has 2 heterocycles. The number of aliphatic imine (C=N–C) groups is 1. The molecule has 168 valence electrons. The SMILES string of the molecule is Cc1ccc(S(=O)(=O)n2ccc3c(F)c(Oc4ccc5c(c4)C(N)=NCC5)c(F)cc32)cc1. The smallest absolute Gasteiger partial charge is 0.268 e. The third kappa shape index (κ3) is 3.54. The number of aryl methyl sites for hydroxylation is 1. The van der Waals surface area contributed by atoms with Crippen molar-refractivity contribution in [3.05, 3.63) is 89.1 Å². The summed E-state index contributed by atoms with van der Waals surface area (Å²) in [5.74, 6) is -2.12. The van der Waals surface area contributed by atoms with Crippen LogP contribution in [0.4, 0.5) is 8.78 Å². The molecule has 9 heteroatoms. The molecule has 1 aliphatic heterocycles. The summed E-state index contributed by atoms with van der Waals surface area (Å²) < 4.78 is 62.7. The third-order valence-electron chi connectivity index (χ3n) is 5.62. The molecule has 33 heavy (non-hydrogen) atoms. The van der Waals surface area contributed by atoms with E-state index in [1.807, 2.05) is 6.92 Å². The summed E-state index contributed by atoms with van der Waals surface area (Å²) in [6.45, 7) is 2.42. The van der Waals surface area contributed by atoms with Crippen LogP contribution in [0.3, 0.4) is 0 Å². The molecule has 0 saturated heterocycles. The lowest BCUT2D eigenvalue weighted by Crippen LogP contribution is -2.20. The molecule has 3 aromatic carbocycles. The normalized spacial score (nSPS) is 13.6. The molecule has 0 amide bonds. The Morgan fingerprint density at radius 2 is 1.82 bits per heavy atom. The molecule has 0 aliphatic carbocycles. The second-order valence-electron chi connectivity index (χ2n) is 7.80. The predicted octanol–water partition coefficient (Wildman–Crippen LogP) is 4.52. The Morgan fingerprint density at radius 3 is 2.58 bits per heavy atom. The Hall–Kier alpha value is -3.72. The number of aromatic nitrogens is 1. The molecule has 5 rings (SSSR count). The zero-order valence-corrected chi connectivity index (χ0v) is 18.4. The van der Waals surface area contributed by atoms with Gasteiger partial charge in [-0.1, -0.05) is 23.8 Å². The van der Waals surface area contributed by atoms with Crippen LogP contribution in [-0.2, 0) is 16.4 Å². The zero-order valence-electron chi connectivity index (χ0n) is 17.5. The molecule has 0 unspecified atom stereocenters. The first-order valence-corrected chi connectivity index (χ1v) is 11.6. The van der Waals surface area contributed by atoms with Crippen molar-refractivity contribution in [2.24, 2.45) is 10.7 Å². The van der Waals surface area contributed by atoms with Crippen molar-refractivity contribution in [3.8, 4) is 11.5 Å². The maximum Gasteiger partial charge on any atom is 0.268 e. The number of hydrogen-bond donors (Lipinski definition) is 1. The van der Waals surface area contributed by atoms with E-state index in [0.29, 0.717) is 24.4 Å². The lowest BCUT2D eigenvalue weighted by atomic mass is 10.0. The van der Waals surface area contributed by atoms with E-state index >= 15 is 4.39 Å². The summed E-state index contributed by atoms with van der Waals surface area (Å²) in [6, 6.07) is 13.4. The fourth-order valence-electron chi connectivity index (χ4n) is 3.87. The van der Waals surface area contributed by atoms with Crippen LogP contribution in [0.1, 0.15) is 16.7 Å². The molecule has 0 fully saturated rings. The Bertz CT molecular complexity index is 1540. The van der Waals surface area contributed by atoms with E-state index in [2.05, 4.69) is 4.99 Å². The Kier molecular flexibility index (Phi) is 4.93. The van der Waals surface area contributed by atoms with Gasteiger partial charge in [-0.15, -0.1) is 0 Å². The third-order valence-corrected chi connectivity index (χ3v) is 7.33. The number of benzene rings is 3. The van der Waals surface area contributed by atoms with Crippen molar-refractivity contribution in [3.63, 3.8) is 0 Å². The minimum atomic E-state index is -4.05. The van der Waals surface area contributed by atoms with Crippen molar-refractivity contribution in [2.45, 2.75) is 18.2 Å². The second-order valence-corrected chi connectivity index (χ2v) is 9.62. The number of ether oxygens (including phenoxy) is 1. The highest BCUT2D eigenvalue weighted by Gasteiger charge is 2.24. The van der Waals surface area contributed by atoms with Gasteiger partial charge in [0, 0.05) is 29.8 Å². The van der Waals surface area contributed by atoms with Crippen molar-refractivity contribution in [2.75, 3.05) is 6.54 Å². The highest BCUT2D eigenvalue weighted by atomic mass is 32.2. The van der Waals surface area contributed by atoms with Crippen LogP contribution in [0, 0.1) is 18.6 Å². The van der Waals surface area contributed by atoms with Crippen LogP contribution >= 0.6 is 0 Å². The van der Waals surface area contributed by atoms with Gasteiger partial charge >= 0.3 is 0 Å². The highest BCUT2D eigenvalue weighted by molar-refractivity contribution is 7.90. The Balaban J connectivity index is 1.57. The molecule has 0 radical (unpaired) electrons. The number of fused-ring (bicyclic) bond motifs is 2. The first kappa shape index (κ1) is 21.1. The van der Waals surface area contributed by atoms with E-state index in [-0.39, 0.29) is 21.5 Å². The zero-order chi connectivity index (χ0) is 23.3. The Labute approximate surface area is 189 Å². The van der Waals surface area contributed by atoms with Gasteiger partial charge in [-0.3, -0.25) is 4.99 Å². The number of hydrogen-bond acceptors (Lipinski definition) is 5. The molecule has 0 atom stereocenters. The summed E-state index contributed by atoms with van der Waals surface area (Å²) >= 11 is 0. The van der Waals surface area contributed by atoms with Gasteiger partial charge in [0.2, 0.25) is 0 Å². The van der Waals surface area contributed by atoms with E-state index in [0.717, 1.165) is 21.2 Å². The molecule has 0 saturated carbocycles. The summed E-state index contributed by atoms with van der Waals surface area (Å²) in [6.07, 6.45) is 1.91. The van der Waals surface area contributed by atoms with Gasteiger partial charge in [0.25, 0.3) is 10.0 Å². The molecular formula is C24H19F2N3O3S. The first-order chi connectivity index (χ1) is 15.8. The van der Waals surface area contributed by atoms with Gasteiger partial charge in [-0.25, -0.2) is 21.2 Å². The molecule has 0 spiro atoms. The topological polar surface area (TPSA) is 86.7 Å². The van der Waals surface area contributed by atoms with Gasteiger partial charge in [0.1, 0.15) is 11.6 Å². The van der Waals surface area contributed by atoms with Crippen molar-refractivity contribution in [1.82, 2.24) is 3.97 Å². The molecular weight excluding hydrogens is 448 g/mol. The van der Waals surface area contributed by atoms with Crippen LogP contribution in [0.2, 0.25) is 0 Å². The minimum Gasteiger partial charge on any atom is -0.451 e. The summed E-state index contributed by atoms with van der Waals surface area (Å²) in [4.78, 5) is 4.20. The number of nitrogens with zero attached hydrogens (tertiary/aromatic N) is 2. The van der Waals surface area contributed by atoms with E-state index in [4.69, 9.17) is 10.5 Å². The first-order valence-electron chi connectivity index (χ1n) is 10.2. The maximum atomic E-state index is 15.3. The lowest BCUT2D eigenvalue weighted by Gasteiger charge is -2.16. The van der Waals surface area contributed by atoms with Gasteiger partial charge in [0.15, 0.2) is 17.4 Å². The van der Waals surface area contributed by atoms with Gasteiger partial charge < -0.3 is 10.5 Å². The highest BCUT2D eigenvalue weighted by Crippen LogP contribution is 2.35. The van der Waals surface area contributed by atoms with Gasteiger partial charge in [-0.2, -0.15) is 0 Å². The summed E-state index contributed by atoms with van der Waals surface area (Å²) in [5, 5.41) is -0.0823. The molecule has 6 nitrogen and oxygen atoms in total. The number of amidine groups is 1. The predicted molar refractivity (Wildman–Crippen MR) is 121 cm³/mol. The lowest BCUT2D eigenvalue weighted by molar-refractivity contribution is 0.411. The molecule has 1 aromatic heterocycles. The van der Waals surface area contributed by atoms with Crippen LogP contribution < -0.4 is 10.5 Å². The van der Waals surface area contributed by atoms with Crippen molar-refractivity contribution < 1.29 is 21.9 Å². The standard InChI is InChI=1S/C24H19F2N3O3S/c1-14-2-6-17(7-3-14)33(30,31)29-11-9-18-21(29)13-20(25)23(22(18)26)32-16-5-4-15-8-10-28-24(27)19(15)12-16/h2-7,9,11-13H,8,10H2,1H3,(H2,27,28). The van der Waals surface area contributed by atoms with E-state index in [1.54, 1.807) is 30.3 Å². The fraction of sp³-hybridized carbons (Fsp3) is 0.125. The van der Waals surface area contributed by atoms with Gasteiger partial charge in [-0.05, 0) is 49.2 Å². The molecule has 1 aliphatic rings.